The fraction of sp³-hybridized carbons (Fsp3) is 0.571. The van der Waals surface area contributed by atoms with Crippen LogP contribution in [0.3, 0.4) is 0 Å². The van der Waals surface area contributed by atoms with E-state index >= 15 is 0 Å². The lowest BCUT2D eigenvalue weighted by atomic mass is 10.1. The van der Waals surface area contributed by atoms with Gasteiger partial charge in [0.05, 0.1) is 17.7 Å². The van der Waals surface area contributed by atoms with Crippen molar-refractivity contribution in [2.24, 2.45) is 5.73 Å². The molecule has 0 bridgehead atoms. The molecule has 0 aromatic heterocycles. The molecular weight excluding hydrogens is 266 g/mol. The summed E-state index contributed by atoms with van der Waals surface area (Å²) < 4.78 is 10.8. The fourth-order valence-electron chi connectivity index (χ4n) is 1.45. The van der Waals surface area contributed by atoms with Crippen molar-refractivity contribution < 1.29 is 14.6 Å². The molecule has 19 heavy (non-hydrogen) atoms. The van der Waals surface area contributed by atoms with Gasteiger partial charge in [-0.25, -0.2) is 0 Å². The van der Waals surface area contributed by atoms with Crippen LogP contribution in [0.5, 0.6) is 5.75 Å². The number of ether oxygens (including phenoxy) is 2. The Labute approximate surface area is 119 Å². The van der Waals surface area contributed by atoms with Gasteiger partial charge in [-0.1, -0.05) is 17.7 Å². The van der Waals surface area contributed by atoms with E-state index in [4.69, 9.17) is 26.8 Å². The molecule has 1 aromatic carbocycles. The van der Waals surface area contributed by atoms with Crippen LogP contribution in [0.4, 0.5) is 0 Å². The minimum absolute atomic E-state index is 0.0726. The van der Waals surface area contributed by atoms with Crippen LogP contribution < -0.4 is 10.5 Å². The third-order valence-electron chi connectivity index (χ3n) is 2.53. The van der Waals surface area contributed by atoms with Crippen LogP contribution in [0.1, 0.15) is 32.4 Å². The van der Waals surface area contributed by atoms with Crippen molar-refractivity contribution in [1.82, 2.24) is 0 Å². The minimum atomic E-state index is -0.674. The Balaban J connectivity index is 2.49. The molecule has 0 radical (unpaired) electrons. The summed E-state index contributed by atoms with van der Waals surface area (Å²) in [5, 5.41) is 10.2. The van der Waals surface area contributed by atoms with Crippen LogP contribution in [0.15, 0.2) is 18.2 Å². The lowest BCUT2D eigenvalue weighted by Gasteiger charge is -2.16. The molecule has 108 valence electrons. The highest BCUT2D eigenvalue weighted by atomic mass is 35.5. The second kappa shape index (κ2) is 7.70. The number of hydrogen-bond acceptors (Lipinski definition) is 4. The molecule has 0 spiro atoms. The van der Waals surface area contributed by atoms with E-state index in [0.29, 0.717) is 10.8 Å². The van der Waals surface area contributed by atoms with Gasteiger partial charge in [0, 0.05) is 6.04 Å². The summed E-state index contributed by atoms with van der Waals surface area (Å²) in [4.78, 5) is 0. The van der Waals surface area contributed by atoms with Crippen molar-refractivity contribution in [3.05, 3.63) is 28.8 Å². The average molecular weight is 288 g/mol. The molecule has 0 aliphatic rings. The largest absolute Gasteiger partial charge is 0.489 e. The maximum atomic E-state index is 9.68. The van der Waals surface area contributed by atoms with Crippen molar-refractivity contribution in [1.29, 1.82) is 0 Å². The number of halogens is 1. The van der Waals surface area contributed by atoms with E-state index in [2.05, 4.69) is 0 Å². The lowest BCUT2D eigenvalue weighted by Crippen LogP contribution is -2.25. The molecule has 0 aliphatic carbocycles. The van der Waals surface area contributed by atoms with Crippen LogP contribution in [0.25, 0.3) is 0 Å². The highest BCUT2D eigenvalue weighted by molar-refractivity contribution is 6.32. The smallest absolute Gasteiger partial charge is 0.138 e. The summed E-state index contributed by atoms with van der Waals surface area (Å²) in [5.74, 6) is 0.537. The third-order valence-corrected chi connectivity index (χ3v) is 2.83. The zero-order valence-corrected chi connectivity index (χ0v) is 12.4. The van der Waals surface area contributed by atoms with E-state index in [1.165, 1.54) is 0 Å². The summed E-state index contributed by atoms with van der Waals surface area (Å²) in [6.07, 6.45) is -0.588. The minimum Gasteiger partial charge on any atom is -0.489 e. The van der Waals surface area contributed by atoms with Gasteiger partial charge in [0.1, 0.15) is 18.5 Å². The summed E-state index contributed by atoms with van der Waals surface area (Å²) in [5.41, 5.74) is 6.71. The van der Waals surface area contributed by atoms with E-state index in [9.17, 15) is 5.11 Å². The van der Waals surface area contributed by atoms with E-state index in [0.717, 1.165) is 5.56 Å². The van der Waals surface area contributed by atoms with Crippen LogP contribution in [-0.2, 0) is 4.74 Å². The number of rotatable bonds is 7. The molecule has 0 saturated heterocycles. The Morgan fingerprint density at radius 2 is 1.95 bits per heavy atom. The Morgan fingerprint density at radius 1 is 1.26 bits per heavy atom. The molecule has 1 rings (SSSR count). The van der Waals surface area contributed by atoms with Crippen molar-refractivity contribution in [2.75, 3.05) is 13.2 Å². The number of aliphatic hydroxyl groups excluding tert-OH is 1. The van der Waals surface area contributed by atoms with Gasteiger partial charge in [-0.3, -0.25) is 0 Å². The first kappa shape index (κ1) is 16.2. The van der Waals surface area contributed by atoms with Crippen LogP contribution in [0, 0.1) is 0 Å². The molecule has 3 N–H and O–H groups in total. The molecule has 5 heteroatoms. The molecule has 0 fully saturated rings. The Hall–Kier alpha value is -0.810. The zero-order valence-electron chi connectivity index (χ0n) is 11.6. The van der Waals surface area contributed by atoms with E-state index in [-0.39, 0.29) is 25.4 Å². The predicted molar refractivity (Wildman–Crippen MR) is 76.6 cm³/mol. The van der Waals surface area contributed by atoms with Crippen molar-refractivity contribution in [3.63, 3.8) is 0 Å². The molecule has 2 atom stereocenters. The average Bonchev–Trinajstić information content (AvgIpc) is 2.34. The summed E-state index contributed by atoms with van der Waals surface area (Å²) in [6.45, 7) is 6.10. The monoisotopic (exact) mass is 287 g/mol. The van der Waals surface area contributed by atoms with Gasteiger partial charge in [0.15, 0.2) is 0 Å². The van der Waals surface area contributed by atoms with Gasteiger partial charge >= 0.3 is 0 Å². The molecule has 0 saturated carbocycles. The van der Waals surface area contributed by atoms with E-state index < -0.39 is 6.10 Å². The van der Waals surface area contributed by atoms with Gasteiger partial charge in [-0.15, -0.1) is 0 Å². The normalized spacial score (nSPS) is 14.5. The lowest BCUT2D eigenvalue weighted by molar-refractivity contribution is -0.0122. The summed E-state index contributed by atoms with van der Waals surface area (Å²) in [7, 11) is 0. The van der Waals surface area contributed by atoms with Crippen molar-refractivity contribution >= 4 is 11.6 Å². The first-order valence-electron chi connectivity index (χ1n) is 6.37. The Kier molecular flexibility index (Phi) is 6.58. The van der Waals surface area contributed by atoms with Gasteiger partial charge in [0.25, 0.3) is 0 Å². The van der Waals surface area contributed by atoms with Crippen LogP contribution >= 0.6 is 11.6 Å². The fourth-order valence-corrected chi connectivity index (χ4v) is 1.70. The standard InChI is InChI=1S/C14H22ClNO3/c1-9(2)18-7-12(17)8-19-14-5-4-11(10(3)16)6-13(14)15/h4-6,9-10,12,17H,7-8,16H2,1-3H3/t10-,12?/m1/s1. The van der Waals surface area contributed by atoms with Crippen molar-refractivity contribution in [2.45, 2.75) is 39.0 Å². The topological polar surface area (TPSA) is 64.7 Å². The molecule has 4 nitrogen and oxygen atoms in total. The van der Waals surface area contributed by atoms with Crippen LogP contribution in [-0.4, -0.2) is 30.5 Å². The number of benzene rings is 1. The third kappa shape index (κ3) is 5.78. The maximum Gasteiger partial charge on any atom is 0.138 e. The second-order valence-electron chi connectivity index (χ2n) is 4.83. The Bertz CT molecular complexity index is 396. The molecule has 0 amide bonds. The highest BCUT2D eigenvalue weighted by Gasteiger charge is 2.10. The summed E-state index contributed by atoms with van der Waals surface area (Å²) in [6, 6.07) is 5.33. The zero-order chi connectivity index (χ0) is 14.4. The molecule has 1 aromatic rings. The maximum absolute atomic E-state index is 9.68. The SMILES string of the molecule is CC(C)OCC(O)COc1ccc([C@@H](C)N)cc1Cl. The highest BCUT2D eigenvalue weighted by Crippen LogP contribution is 2.27. The number of hydrogen-bond donors (Lipinski definition) is 2. The summed E-state index contributed by atoms with van der Waals surface area (Å²) >= 11 is 6.09. The van der Waals surface area contributed by atoms with Crippen LogP contribution in [0.2, 0.25) is 5.02 Å². The first-order valence-corrected chi connectivity index (χ1v) is 6.75. The molecular formula is C14H22ClNO3. The number of nitrogens with two attached hydrogens (primary N) is 1. The van der Waals surface area contributed by atoms with Gasteiger partial charge in [-0.05, 0) is 38.5 Å². The van der Waals surface area contributed by atoms with Crippen molar-refractivity contribution in [3.8, 4) is 5.75 Å². The molecule has 0 aliphatic heterocycles. The van der Waals surface area contributed by atoms with Gasteiger partial charge < -0.3 is 20.3 Å². The predicted octanol–water partition coefficient (Wildman–Crippen LogP) is 2.52. The van der Waals surface area contributed by atoms with Gasteiger partial charge in [0.2, 0.25) is 0 Å². The van der Waals surface area contributed by atoms with Gasteiger partial charge in [-0.2, -0.15) is 0 Å². The molecule has 0 heterocycles. The van der Waals surface area contributed by atoms with E-state index in [1.807, 2.05) is 26.8 Å². The Morgan fingerprint density at radius 3 is 2.47 bits per heavy atom. The second-order valence-corrected chi connectivity index (χ2v) is 5.23. The van der Waals surface area contributed by atoms with E-state index in [1.54, 1.807) is 12.1 Å². The quantitative estimate of drug-likeness (QED) is 0.809. The number of aliphatic hydroxyl groups is 1. The molecule has 1 unspecified atom stereocenters. The first-order chi connectivity index (χ1) is 8.90.